The van der Waals surface area contributed by atoms with Crippen LogP contribution in [-0.4, -0.2) is 6.29 Å². The summed E-state index contributed by atoms with van der Waals surface area (Å²) in [5.41, 5.74) is 2.85. The third-order valence-corrected chi connectivity index (χ3v) is 2.56. The van der Waals surface area contributed by atoms with E-state index in [1.807, 2.05) is 19.1 Å². The van der Waals surface area contributed by atoms with E-state index in [1.54, 1.807) is 0 Å². The maximum absolute atomic E-state index is 10.9. The zero-order chi connectivity index (χ0) is 8.86. The molecule has 0 aliphatic heterocycles. The summed E-state index contributed by atoms with van der Waals surface area (Å²) in [5.74, 6) is 0. The van der Waals surface area contributed by atoms with Crippen molar-refractivity contribution in [3.05, 3.63) is 17.9 Å². The number of allylic oxidation sites excluding steroid dienone is 1. The zero-order valence-electron chi connectivity index (χ0n) is 7.68. The van der Waals surface area contributed by atoms with Gasteiger partial charge in [-0.15, -0.1) is 5.73 Å². The van der Waals surface area contributed by atoms with E-state index in [4.69, 9.17) is 0 Å². The van der Waals surface area contributed by atoms with E-state index in [9.17, 15) is 4.79 Å². The van der Waals surface area contributed by atoms with Crippen LogP contribution in [0, 0.1) is 5.41 Å². The van der Waals surface area contributed by atoms with Crippen molar-refractivity contribution >= 4 is 6.29 Å². The van der Waals surface area contributed by atoms with E-state index >= 15 is 0 Å². The molecule has 0 spiro atoms. The highest BCUT2D eigenvalue weighted by molar-refractivity contribution is 5.62. The summed E-state index contributed by atoms with van der Waals surface area (Å²) in [6.45, 7) is 1.93. The van der Waals surface area contributed by atoms with Gasteiger partial charge in [-0.1, -0.05) is 19.3 Å². The van der Waals surface area contributed by atoms with E-state index < -0.39 is 0 Å². The second kappa shape index (κ2) is 4.27. The van der Waals surface area contributed by atoms with Gasteiger partial charge >= 0.3 is 0 Å². The standard InChI is InChI=1S/C11H16O/c1-2-3-7-11(10-12)8-5-4-6-9-11/h2,7,10H,4-6,8-9H2,1H3. The number of hydrogen-bond acceptors (Lipinski definition) is 1. The SMILES string of the molecule is CC=C=CC1(C=O)CCCCC1. The summed E-state index contributed by atoms with van der Waals surface area (Å²) in [6.07, 6.45) is 10.6. The molecule has 1 fully saturated rings. The molecule has 1 nitrogen and oxygen atoms in total. The van der Waals surface area contributed by atoms with Crippen molar-refractivity contribution in [1.29, 1.82) is 0 Å². The first kappa shape index (κ1) is 9.28. The molecule has 0 bridgehead atoms. The first-order valence-corrected chi connectivity index (χ1v) is 4.67. The summed E-state index contributed by atoms with van der Waals surface area (Å²) >= 11 is 0. The van der Waals surface area contributed by atoms with Gasteiger partial charge in [0.1, 0.15) is 6.29 Å². The molecule has 0 heterocycles. The van der Waals surface area contributed by atoms with Crippen LogP contribution in [0.3, 0.4) is 0 Å². The maximum Gasteiger partial charge on any atom is 0.130 e. The summed E-state index contributed by atoms with van der Waals surface area (Å²) in [7, 11) is 0. The van der Waals surface area contributed by atoms with Crippen molar-refractivity contribution in [3.63, 3.8) is 0 Å². The van der Waals surface area contributed by atoms with Crippen LogP contribution in [0.15, 0.2) is 17.9 Å². The molecule has 0 amide bonds. The fraction of sp³-hybridized carbons (Fsp3) is 0.636. The van der Waals surface area contributed by atoms with E-state index in [-0.39, 0.29) is 5.41 Å². The predicted molar refractivity (Wildman–Crippen MR) is 49.9 cm³/mol. The molecule has 0 unspecified atom stereocenters. The third kappa shape index (κ3) is 2.09. The van der Waals surface area contributed by atoms with Crippen molar-refractivity contribution in [3.8, 4) is 0 Å². The third-order valence-electron chi connectivity index (χ3n) is 2.56. The van der Waals surface area contributed by atoms with Gasteiger partial charge in [0, 0.05) is 0 Å². The quantitative estimate of drug-likeness (QED) is 0.453. The second-order valence-electron chi connectivity index (χ2n) is 3.51. The molecule has 0 atom stereocenters. The summed E-state index contributed by atoms with van der Waals surface area (Å²) in [6, 6.07) is 0. The van der Waals surface area contributed by atoms with Gasteiger partial charge in [-0.25, -0.2) is 0 Å². The Morgan fingerprint density at radius 2 is 1.92 bits per heavy atom. The molecule has 0 N–H and O–H groups in total. The first-order chi connectivity index (χ1) is 5.83. The number of hydrogen-bond donors (Lipinski definition) is 0. The second-order valence-corrected chi connectivity index (χ2v) is 3.51. The molecule has 0 radical (unpaired) electrons. The molecule has 0 aromatic heterocycles. The van der Waals surface area contributed by atoms with Crippen molar-refractivity contribution in [2.45, 2.75) is 39.0 Å². The van der Waals surface area contributed by atoms with Crippen LogP contribution in [0.5, 0.6) is 0 Å². The van der Waals surface area contributed by atoms with E-state index in [0.29, 0.717) is 0 Å². The van der Waals surface area contributed by atoms with Gasteiger partial charge in [0.25, 0.3) is 0 Å². The Balaban J connectivity index is 2.73. The van der Waals surface area contributed by atoms with Gasteiger partial charge in [-0.05, 0) is 31.9 Å². The van der Waals surface area contributed by atoms with Gasteiger partial charge in [0.05, 0.1) is 5.41 Å². The highest BCUT2D eigenvalue weighted by atomic mass is 16.1. The summed E-state index contributed by atoms with van der Waals surface area (Å²) < 4.78 is 0. The van der Waals surface area contributed by atoms with Gasteiger partial charge in [0.15, 0.2) is 0 Å². The molecule has 1 aliphatic carbocycles. The minimum absolute atomic E-state index is 0.176. The summed E-state index contributed by atoms with van der Waals surface area (Å²) in [4.78, 5) is 10.9. The molecule has 0 aromatic rings. The number of rotatable bonds is 2. The van der Waals surface area contributed by atoms with E-state index in [1.165, 1.54) is 19.3 Å². The summed E-state index contributed by atoms with van der Waals surface area (Å²) in [5, 5.41) is 0. The normalized spacial score (nSPS) is 20.8. The van der Waals surface area contributed by atoms with Crippen LogP contribution >= 0.6 is 0 Å². The largest absolute Gasteiger partial charge is 0.302 e. The Hall–Kier alpha value is -0.810. The fourth-order valence-corrected chi connectivity index (χ4v) is 1.76. The van der Waals surface area contributed by atoms with Crippen molar-refractivity contribution in [2.24, 2.45) is 5.41 Å². The van der Waals surface area contributed by atoms with Crippen molar-refractivity contribution in [2.75, 3.05) is 0 Å². The molecule has 0 aromatic carbocycles. The monoisotopic (exact) mass is 164 g/mol. The smallest absolute Gasteiger partial charge is 0.130 e. The number of aldehydes is 1. The van der Waals surface area contributed by atoms with Gasteiger partial charge in [-0.3, -0.25) is 0 Å². The lowest BCUT2D eigenvalue weighted by atomic mass is 9.75. The Kier molecular flexibility index (Phi) is 3.31. The van der Waals surface area contributed by atoms with Gasteiger partial charge in [-0.2, -0.15) is 0 Å². The predicted octanol–water partition coefficient (Wildman–Crippen LogP) is 2.87. The average molecular weight is 164 g/mol. The highest BCUT2D eigenvalue weighted by Gasteiger charge is 2.28. The molecule has 66 valence electrons. The minimum atomic E-state index is -0.176. The molecule has 0 saturated heterocycles. The fourth-order valence-electron chi connectivity index (χ4n) is 1.76. The molecular weight excluding hydrogens is 148 g/mol. The van der Waals surface area contributed by atoms with Crippen LogP contribution in [0.25, 0.3) is 0 Å². The minimum Gasteiger partial charge on any atom is -0.302 e. The molecule has 12 heavy (non-hydrogen) atoms. The van der Waals surface area contributed by atoms with E-state index in [0.717, 1.165) is 19.1 Å². The van der Waals surface area contributed by atoms with Gasteiger partial charge in [0.2, 0.25) is 0 Å². The molecular formula is C11H16O. The average Bonchev–Trinajstić information content (AvgIpc) is 2.16. The van der Waals surface area contributed by atoms with Crippen LogP contribution < -0.4 is 0 Å². The first-order valence-electron chi connectivity index (χ1n) is 4.67. The lowest BCUT2D eigenvalue weighted by molar-refractivity contribution is -0.115. The van der Waals surface area contributed by atoms with Gasteiger partial charge < -0.3 is 4.79 Å². The number of carbonyl (C=O) groups is 1. The number of carbonyl (C=O) groups excluding carboxylic acids is 1. The lowest BCUT2D eigenvalue weighted by Gasteiger charge is -2.27. The highest BCUT2D eigenvalue weighted by Crippen LogP contribution is 2.35. The Labute approximate surface area is 74.2 Å². The van der Waals surface area contributed by atoms with E-state index in [2.05, 4.69) is 5.73 Å². The van der Waals surface area contributed by atoms with Crippen LogP contribution in [0.2, 0.25) is 0 Å². The molecule has 1 heteroatoms. The topological polar surface area (TPSA) is 17.1 Å². The Morgan fingerprint density at radius 3 is 2.42 bits per heavy atom. The molecule has 1 saturated carbocycles. The maximum atomic E-state index is 10.9. The zero-order valence-corrected chi connectivity index (χ0v) is 7.68. The van der Waals surface area contributed by atoms with Crippen molar-refractivity contribution in [1.82, 2.24) is 0 Å². The van der Waals surface area contributed by atoms with Crippen molar-refractivity contribution < 1.29 is 4.79 Å². The van der Waals surface area contributed by atoms with Crippen LogP contribution in [-0.2, 0) is 4.79 Å². The molecule has 1 aliphatic rings. The van der Waals surface area contributed by atoms with Crippen LogP contribution in [0.1, 0.15) is 39.0 Å². The Morgan fingerprint density at radius 1 is 1.25 bits per heavy atom. The Bertz CT molecular complexity index is 203. The molecule has 1 rings (SSSR count). The lowest BCUT2D eigenvalue weighted by Crippen LogP contribution is -2.22. The van der Waals surface area contributed by atoms with Crippen LogP contribution in [0.4, 0.5) is 0 Å².